The first kappa shape index (κ1) is 17.1. The summed E-state index contributed by atoms with van der Waals surface area (Å²) in [4.78, 5) is 2.70. The Labute approximate surface area is 135 Å². The maximum absolute atomic E-state index is 6.13. The van der Waals surface area contributed by atoms with Gasteiger partial charge in [0.25, 0.3) is 0 Å². The molecule has 0 spiro atoms. The Bertz CT molecular complexity index is 461. The number of rotatable bonds is 7. The lowest BCUT2D eigenvalue weighted by atomic mass is 9.95. The third kappa shape index (κ3) is 4.39. The van der Waals surface area contributed by atoms with E-state index in [-0.39, 0.29) is 0 Å². The molecule has 0 bridgehead atoms. The Morgan fingerprint density at radius 3 is 2.82 bits per heavy atom. The van der Waals surface area contributed by atoms with Gasteiger partial charge in [0, 0.05) is 12.1 Å². The second-order valence-electron chi connectivity index (χ2n) is 6.57. The topological polar surface area (TPSA) is 38.5 Å². The van der Waals surface area contributed by atoms with Crippen LogP contribution in [-0.2, 0) is 6.42 Å². The van der Waals surface area contributed by atoms with Crippen LogP contribution in [0.25, 0.3) is 0 Å². The van der Waals surface area contributed by atoms with Crippen molar-refractivity contribution in [3.05, 3.63) is 23.8 Å². The number of benzene rings is 1. The summed E-state index contributed by atoms with van der Waals surface area (Å²) in [7, 11) is 0. The number of hydrogen-bond acceptors (Lipinski definition) is 3. The van der Waals surface area contributed by atoms with Crippen molar-refractivity contribution in [2.24, 2.45) is 0 Å². The van der Waals surface area contributed by atoms with E-state index in [9.17, 15) is 0 Å². The van der Waals surface area contributed by atoms with Crippen molar-refractivity contribution < 1.29 is 4.74 Å². The molecule has 2 unspecified atom stereocenters. The molecule has 0 aliphatic carbocycles. The molecule has 2 rings (SSSR count). The van der Waals surface area contributed by atoms with Crippen LogP contribution >= 0.6 is 0 Å². The molecule has 0 saturated carbocycles. The summed E-state index contributed by atoms with van der Waals surface area (Å²) in [6, 6.07) is 7.62. The predicted molar refractivity (Wildman–Crippen MR) is 94.4 cm³/mol. The number of nitrogens with two attached hydrogens (primary N) is 1. The van der Waals surface area contributed by atoms with E-state index in [0.29, 0.717) is 6.04 Å². The summed E-state index contributed by atoms with van der Waals surface area (Å²) in [5, 5.41) is 0. The van der Waals surface area contributed by atoms with Crippen molar-refractivity contribution in [1.29, 1.82) is 0 Å². The molecule has 0 aromatic heterocycles. The smallest absolute Gasteiger partial charge is 0.142 e. The van der Waals surface area contributed by atoms with Gasteiger partial charge in [-0.3, -0.25) is 4.90 Å². The zero-order valence-electron chi connectivity index (χ0n) is 14.5. The van der Waals surface area contributed by atoms with Gasteiger partial charge in [-0.25, -0.2) is 0 Å². The number of anilines is 1. The van der Waals surface area contributed by atoms with E-state index in [0.717, 1.165) is 36.9 Å². The standard InChI is InChI=1S/C19H32N2O/c1-4-12-22-19-10-9-16(14-18(19)20)13-15(3)21-11-7-6-8-17(21)5-2/h9-10,14-15,17H,4-8,11-13,20H2,1-3H3. The van der Waals surface area contributed by atoms with Crippen molar-refractivity contribution in [2.75, 3.05) is 18.9 Å². The molecule has 1 saturated heterocycles. The summed E-state index contributed by atoms with van der Waals surface area (Å²) >= 11 is 0. The first-order valence-electron chi connectivity index (χ1n) is 8.92. The number of nitrogens with zero attached hydrogens (tertiary/aromatic N) is 1. The molecule has 1 heterocycles. The molecule has 2 atom stereocenters. The SMILES string of the molecule is CCCOc1ccc(CC(C)N2CCCCC2CC)cc1N. The van der Waals surface area contributed by atoms with Gasteiger partial charge in [-0.2, -0.15) is 0 Å². The Morgan fingerprint density at radius 1 is 1.32 bits per heavy atom. The van der Waals surface area contributed by atoms with Gasteiger partial charge in [0.15, 0.2) is 0 Å². The molecule has 124 valence electrons. The minimum Gasteiger partial charge on any atom is -0.491 e. The molecule has 1 fully saturated rings. The molecule has 3 heteroatoms. The van der Waals surface area contributed by atoms with Crippen LogP contribution in [0.3, 0.4) is 0 Å². The van der Waals surface area contributed by atoms with E-state index in [1.54, 1.807) is 0 Å². The van der Waals surface area contributed by atoms with Gasteiger partial charge in [-0.1, -0.05) is 26.3 Å². The van der Waals surface area contributed by atoms with Crippen LogP contribution in [0.2, 0.25) is 0 Å². The molecule has 0 radical (unpaired) electrons. The van der Waals surface area contributed by atoms with Crippen molar-refractivity contribution in [3.63, 3.8) is 0 Å². The molecule has 1 aromatic rings. The van der Waals surface area contributed by atoms with Gasteiger partial charge in [0.05, 0.1) is 12.3 Å². The highest BCUT2D eigenvalue weighted by atomic mass is 16.5. The van der Waals surface area contributed by atoms with E-state index in [1.165, 1.54) is 37.8 Å². The Morgan fingerprint density at radius 2 is 2.14 bits per heavy atom. The lowest BCUT2D eigenvalue weighted by molar-refractivity contribution is 0.0999. The van der Waals surface area contributed by atoms with E-state index in [1.807, 2.05) is 6.07 Å². The minimum atomic E-state index is 0.576. The minimum absolute atomic E-state index is 0.576. The number of piperidine rings is 1. The highest BCUT2D eigenvalue weighted by molar-refractivity contribution is 5.54. The van der Waals surface area contributed by atoms with Crippen molar-refractivity contribution in [3.8, 4) is 5.75 Å². The van der Waals surface area contributed by atoms with Crippen LogP contribution in [0, 0.1) is 0 Å². The Kier molecular flexibility index (Phi) is 6.56. The van der Waals surface area contributed by atoms with Crippen LogP contribution in [0.4, 0.5) is 5.69 Å². The largest absolute Gasteiger partial charge is 0.491 e. The van der Waals surface area contributed by atoms with Crippen molar-refractivity contribution in [2.45, 2.75) is 71.4 Å². The van der Waals surface area contributed by atoms with Gasteiger partial charge in [-0.05, 0) is 63.3 Å². The highest BCUT2D eigenvalue weighted by Gasteiger charge is 2.25. The van der Waals surface area contributed by atoms with E-state index in [2.05, 4.69) is 37.8 Å². The number of ether oxygens (including phenoxy) is 1. The zero-order valence-corrected chi connectivity index (χ0v) is 14.5. The lowest BCUT2D eigenvalue weighted by Crippen LogP contribution is -2.45. The second-order valence-corrected chi connectivity index (χ2v) is 6.57. The molecular formula is C19H32N2O. The van der Waals surface area contributed by atoms with Gasteiger partial charge in [0.1, 0.15) is 5.75 Å². The maximum Gasteiger partial charge on any atom is 0.142 e. The lowest BCUT2D eigenvalue weighted by Gasteiger charge is -2.39. The number of hydrogen-bond donors (Lipinski definition) is 1. The average molecular weight is 304 g/mol. The second kappa shape index (κ2) is 8.42. The van der Waals surface area contributed by atoms with Crippen LogP contribution in [0.15, 0.2) is 18.2 Å². The van der Waals surface area contributed by atoms with Gasteiger partial charge < -0.3 is 10.5 Å². The van der Waals surface area contributed by atoms with E-state index in [4.69, 9.17) is 10.5 Å². The third-order valence-corrected chi connectivity index (χ3v) is 4.78. The van der Waals surface area contributed by atoms with Gasteiger partial charge in [-0.15, -0.1) is 0 Å². The first-order chi connectivity index (χ1) is 10.7. The Balaban J connectivity index is 1.98. The highest BCUT2D eigenvalue weighted by Crippen LogP contribution is 2.26. The fourth-order valence-corrected chi connectivity index (χ4v) is 3.57. The quantitative estimate of drug-likeness (QED) is 0.765. The monoisotopic (exact) mass is 304 g/mol. The van der Waals surface area contributed by atoms with Crippen LogP contribution < -0.4 is 10.5 Å². The predicted octanol–water partition coefficient (Wildman–Crippen LogP) is 4.25. The van der Waals surface area contributed by atoms with E-state index >= 15 is 0 Å². The molecule has 0 amide bonds. The molecular weight excluding hydrogens is 272 g/mol. The molecule has 2 N–H and O–H groups in total. The average Bonchev–Trinajstić information content (AvgIpc) is 2.54. The first-order valence-corrected chi connectivity index (χ1v) is 8.92. The summed E-state index contributed by atoms with van der Waals surface area (Å²) < 4.78 is 5.66. The van der Waals surface area contributed by atoms with Gasteiger partial charge >= 0.3 is 0 Å². The zero-order chi connectivity index (χ0) is 15.9. The summed E-state index contributed by atoms with van der Waals surface area (Å²) in [6.07, 6.45) is 7.41. The third-order valence-electron chi connectivity index (χ3n) is 4.78. The van der Waals surface area contributed by atoms with E-state index < -0.39 is 0 Å². The molecule has 3 nitrogen and oxygen atoms in total. The normalized spacial score (nSPS) is 20.8. The van der Waals surface area contributed by atoms with Gasteiger partial charge in [0.2, 0.25) is 0 Å². The fourth-order valence-electron chi connectivity index (χ4n) is 3.57. The number of likely N-dealkylation sites (tertiary alicyclic amines) is 1. The maximum atomic E-state index is 6.13. The summed E-state index contributed by atoms with van der Waals surface area (Å²) in [5.74, 6) is 0.822. The fraction of sp³-hybridized carbons (Fsp3) is 0.684. The molecule has 22 heavy (non-hydrogen) atoms. The van der Waals surface area contributed by atoms with Crippen LogP contribution in [-0.4, -0.2) is 30.1 Å². The van der Waals surface area contributed by atoms with Crippen molar-refractivity contribution in [1.82, 2.24) is 4.90 Å². The number of nitrogen functional groups attached to an aromatic ring is 1. The molecule has 1 aromatic carbocycles. The summed E-state index contributed by atoms with van der Waals surface area (Å²) in [5.41, 5.74) is 8.21. The summed E-state index contributed by atoms with van der Waals surface area (Å²) in [6.45, 7) is 8.74. The Hall–Kier alpha value is -1.22. The molecule has 1 aliphatic heterocycles. The van der Waals surface area contributed by atoms with Crippen molar-refractivity contribution >= 4 is 5.69 Å². The van der Waals surface area contributed by atoms with Crippen LogP contribution in [0.1, 0.15) is 58.4 Å². The van der Waals surface area contributed by atoms with Crippen LogP contribution in [0.5, 0.6) is 5.75 Å². The molecule has 1 aliphatic rings.